The van der Waals surface area contributed by atoms with Crippen molar-refractivity contribution in [2.75, 3.05) is 0 Å². The number of carbonyl (C=O) groups excluding carboxylic acids is 1. The molecule has 0 radical (unpaired) electrons. The number of Topliss-reactive ketones (excluding diaryl/α,β-unsaturated/α-hetero) is 1. The third-order valence-electron chi connectivity index (χ3n) is 1.61. The summed E-state index contributed by atoms with van der Waals surface area (Å²) in [6.45, 7) is 1.62. The van der Waals surface area contributed by atoms with Crippen LogP contribution < -0.4 is 0 Å². The Morgan fingerprint density at radius 3 is 2.77 bits per heavy atom. The average Bonchev–Trinajstić information content (AvgIpc) is 2.08. The molecule has 0 aliphatic heterocycles. The Bertz CT molecular complexity index is 336. The van der Waals surface area contributed by atoms with Crippen molar-refractivity contribution in [3.05, 3.63) is 29.6 Å². The molecule has 0 heterocycles. The largest absolute Gasteiger partial charge is 0.504 e. The Hall–Kier alpha value is -0.900. The van der Waals surface area contributed by atoms with E-state index in [4.69, 9.17) is 0 Å². The first-order valence-corrected chi connectivity index (χ1v) is 4.61. The number of alkyl halides is 1. The molecule has 1 aromatic carbocycles. The van der Waals surface area contributed by atoms with Crippen LogP contribution in [0.25, 0.3) is 0 Å². The van der Waals surface area contributed by atoms with Crippen LogP contribution in [0.1, 0.15) is 17.3 Å². The van der Waals surface area contributed by atoms with Crippen molar-refractivity contribution in [3.8, 4) is 5.75 Å². The summed E-state index contributed by atoms with van der Waals surface area (Å²) in [5, 5.41) is 9.20. The van der Waals surface area contributed by atoms with Crippen LogP contribution in [0.3, 0.4) is 0 Å². The van der Waals surface area contributed by atoms with E-state index in [0.717, 1.165) is 6.07 Å². The van der Waals surface area contributed by atoms with E-state index >= 15 is 0 Å². The number of aromatic hydroxyl groups is 1. The summed E-state index contributed by atoms with van der Waals surface area (Å²) < 4.78 is 12.8. The number of hydrogen-bond acceptors (Lipinski definition) is 2. The normalized spacial score (nSPS) is 12.5. The zero-order chi connectivity index (χ0) is 10.0. The molecular weight excluding hydrogens is 239 g/mol. The van der Waals surface area contributed by atoms with Crippen molar-refractivity contribution in [1.29, 1.82) is 0 Å². The Kier molecular flexibility index (Phi) is 3.03. The molecule has 70 valence electrons. The minimum absolute atomic E-state index is 0.00405. The molecule has 0 aromatic heterocycles. The molecule has 1 aromatic rings. The van der Waals surface area contributed by atoms with E-state index in [-0.39, 0.29) is 11.3 Å². The van der Waals surface area contributed by atoms with Gasteiger partial charge in [0.2, 0.25) is 0 Å². The lowest BCUT2D eigenvalue weighted by Gasteiger charge is -2.05. The quantitative estimate of drug-likeness (QED) is 0.643. The number of halogens is 2. The number of hydrogen-bond donors (Lipinski definition) is 1. The highest BCUT2D eigenvalue weighted by atomic mass is 79.9. The average molecular weight is 247 g/mol. The molecule has 0 saturated carbocycles. The first kappa shape index (κ1) is 10.2. The zero-order valence-electron chi connectivity index (χ0n) is 6.92. The van der Waals surface area contributed by atoms with Gasteiger partial charge in [0.05, 0.1) is 10.4 Å². The number of phenols is 1. The number of benzene rings is 1. The fourth-order valence-corrected chi connectivity index (χ4v) is 1.18. The minimum Gasteiger partial charge on any atom is -0.504 e. The van der Waals surface area contributed by atoms with Gasteiger partial charge < -0.3 is 5.11 Å². The highest BCUT2D eigenvalue weighted by molar-refractivity contribution is 9.10. The summed E-state index contributed by atoms with van der Waals surface area (Å²) in [4.78, 5) is 10.9. The molecule has 0 amide bonds. The maximum Gasteiger partial charge on any atom is 0.179 e. The van der Waals surface area contributed by atoms with E-state index in [1.54, 1.807) is 6.92 Å². The SMILES string of the molecule is CC(Br)C(=O)c1cccc(F)c1O. The molecule has 1 rings (SSSR count). The monoisotopic (exact) mass is 246 g/mol. The van der Waals surface area contributed by atoms with Crippen molar-refractivity contribution >= 4 is 21.7 Å². The van der Waals surface area contributed by atoms with Gasteiger partial charge in [0.1, 0.15) is 0 Å². The molecule has 2 nitrogen and oxygen atoms in total. The summed E-state index contributed by atoms with van der Waals surface area (Å²) >= 11 is 3.05. The van der Waals surface area contributed by atoms with Crippen LogP contribution in [-0.2, 0) is 0 Å². The Balaban J connectivity index is 3.15. The maximum absolute atomic E-state index is 12.8. The topological polar surface area (TPSA) is 37.3 Å². The molecule has 0 aliphatic rings. The molecule has 1 N–H and O–H groups in total. The second kappa shape index (κ2) is 3.87. The smallest absolute Gasteiger partial charge is 0.179 e. The number of phenolic OH excluding ortho intramolecular Hbond substituents is 1. The van der Waals surface area contributed by atoms with Crippen LogP contribution in [-0.4, -0.2) is 15.7 Å². The predicted octanol–water partition coefficient (Wildman–Crippen LogP) is 2.50. The van der Waals surface area contributed by atoms with Gasteiger partial charge in [0.15, 0.2) is 17.3 Å². The van der Waals surface area contributed by atoms with Crippen LogP contribution in [0, 0.1) is 5.82 Å². The molecule has 0 bridgehead atoms. The summed E-state index contributed by atoms with van der Waals surface area (Å²) in [7, 11) is 0. The molecule has 0 aliphatic carbocycles. The fraction of sp³-hybridized carbons (Fsp3) is 0.222. The number of carbonyl (C=O) groups is 1. The van der Waals surface area contributed by atoms with Gasteiger partial charge in [-0.3, -0.25) is 4.79 Å². The number of rotatable bonds is 2. The third kappa shape index (κ3) is 2.06. The van der Waals surface area contributed by atoms with Gasteiger partial charge in [-0.25, -0.2) is 4.39 Å². The van der Waals surface area contributed by atoms with Crippen LogP contribution in [0.15, 0.2) is 18.2 Å². The van der Waals surface area contributed by atoms with E-state index < -0.39 is 16.4 Å². The number of ketones is 1. The van der Waals surface area contributed by atoms with E-state index in [0.29, 0.717) is 0 Å². The second-order valence-corrected chi connectivity index (χ2v) is 3.99. The van der Waals surface area contributed by atoms with Gasteiger partial charge in [-0.2, -0.15) is 0 Å². The van der Waals surface area contributed by atoms with Crippen LogP contribution in [0.4, 0.5) is 4.39 Å². The van der Waals surface area contributed by atoms with Gasteiger partial charge in [0.25, 0.3) is 0 Å². The van der Waals surface area contributed by atoms with Crippen molar-refractivity contribution in [3.63, 3.8) is 0 Å². The van der Waals surface area contributed by atoms with Crippen molar-refractivity contribution < 1.29 is 14.3 Å². The Morgan fingerprint density at radius 1 is 1.62 bits per heavy atom. The van der Waals surface area contributed by atoms with Gasteiger partial charge >= 0.3 is 0 Å². The molecule has 4 heteroatoms. The van der Waals surface area contributed by atoms with Gasteiger partial charge in [-0.1, -0.05) is 22.0 Å². The van der Waals surface area contributed by atoms with Crippen molar-refractivity contribution in [2.45, 2.75) is 11.8 Å². The van der Waals surface area contributed by atoms with Crippen molar-refractivity contribution in [2.24, 2.45) is 0 Å². The fourth-order valence-electron chi connectivity index (χ4n) is 0.928. The van der Waals surface area contributed by atoms with E-state index in [2.05, 4.69) is 15.9 Å². The summed E-state index contributed by atoms with van der Waals surface area (Å²) in [5.41, 5.74) is 0.00405. The van der Waals surface area contributed by atoms with E-state index in [1.807, 2.05) is 0 Å². The molecule has 1 unspecified atom stereocenters. The van der Waals surface area contributed by atoms with Gasteiger partial charge in [-0.05, 0) is 19.1 Å². The zero-order valence-corrected chi connectivity index (χ0v) is 8.51. The lowest BCUT2D eigenvalue weighted by atomic mass is 10.1. The summed E-state index contributed by atoms with van der Waals surface area (Å²) in [6.07, 6.45) is 0. The Labute approximate surface area is 83.5 Å². The van der Waals surface area contributed by atoms with Crippen LogP contribution in [0.2, 0.25) is 0 Å². The maximum atomic E-state index is 12.8. The van der Waals surface area contributed by atoms with E-state index in [9.17, 15) is 14.3 Å². The van der Waals surface area contributed by atoms with Crippen LogP contribution in [0.5, 0.6) is 5.75 Å². The third-order valence-corrected chi connectivity index (χ3v) is 2.03. The molecule has 1 atom stereocenters. The molecule has 13 heavy (non-hydrogen) atoms. The van der Waals surface area contributed by atoms with Gasteiger partial charge in [-0.15, -0.1) is 0 Å². The summed E-state index contributed by atoms with van der Waals surface area (Å²) in [5.74, 6) is -1.70. The minimum atomic E-state index is -0.779. The lowest BCUT2D eigenvalue weighted by molar-refractivity contribution is 0.0992. The summed E-state index contributed by atoms with van der Waals surface area (Å²) in [6, 6.07) is 3.88. The standard InChI is InChI=1S/C9H8BrFO2/c1-5(10)8(12)6-3-2-4-7(11)9(6)13/h2-5,13H,1H3. The predicted molar refractivity (Wildman–Crippen MR) is 50.8 cm³/mol. The van der Waals surface area contributed by atoms with Gasteiger partial charge in [0, 0.05) is 0 Å². The highest BCUT2D eigenvalue weighted by Crippen LogP contribution is 2.23. The molecular formula is C9H8BrFO2. The Morgan fingerprint density at radius 2 is 2.23 bits per heavy atom. The van der Waals surface area contributed by atoms with E-state index in [1.165, 1.54) is 12.1 Å². The molecule has 0 fully saturated rings. The first-order chi connectivity index (χ1) is 6.04. The number of para-hydroxylation sites is 1. The first-order valence-electron chi connectivity index (χ1n) is 3.69. The molecule has 0 spiro atoms. The second-order valence-electron chi connectivity index (χ2n) is 2.62. The molecule has 0 saturated heterocycles. The van der Waals surface area contributed by atoms with Crippen molar-refractivity contribution in [1.82, 2.24) is 0 Å². The lowest BCUT2D eigenvalue weighted by Crippen LogP contribution is -2.10. The van der Waals surface area contributed by atoms with Crippen LogP contribution >= 0.6 is 15.9 Å². The highest BCUT2D eigenvalue weighted by Gasteiger charge is 2.17.